The zero-order valence-corrected chi connectivity index (χ0v) is 14.9. The van der Waals surface area contributed by atoms with Crippen molar-refractivity contribution in [2.45, 2.75) is 0 Å². The standard InChI is InChI=1S/C19H21N5O2/c1-22(2)17-7-8-18(21-20-17)23-9-11-24(12-10-23)19(25)16-13-14-5-3-4-6-15(14)26-16/h3-8,13H,9-12H2,1-2H3. The largest absolute Gasteiger partial charge is 0.451 e. The second-order valence-corrected chi connectivity index (χ2v) is 6.57. The van der Waals surface area contributed by atoms with Crippen molar-refractivity contribution in [2.75, 3.05) is 50.1 Å². The monoisotopic (exact) mass is 351 g/mol. The molecule has 1 aliphatic heterocycles. The number of anilines is 2. The Balaban J connectivity index is 1.42. The van der Waals surface area contributed by atoms with Gasteiger partial charge in [0.25, 0.3) is 5.91 Å². The highest BCUT2D eigenvalue weighted by Crippen LogP contribution is 2.21. The molecule has 3 heterocycles. The summed E-state index contributed by atoms with van der Waals surface area (Å²) in [7, 11) is 3.87. The molecule has 1 saturated heterocycles. The van der Waals surface area contributed by atoms with Crippen LogP contribution in [0.2, 0.25) is 0 Å². The van der Waals surface area contributed by atoms with Crippen LogP contribution in [0.15, 0.2) is 46.9 Å². The Morgan fingerprint density at radius 2 is 1.81 bits per heavy atom. The van der Waals surface area contributed by atoms with Crippen LogP contribution in [-0.2, 0) is 0 Å². The summed E-state index contributed by atoms with van der Waals surface area (Å²) in [6.45, 7) is 2.71. The van der Waals surface area contributed by atoms with Gasteiger partial charge in [-0.1, -0.05) is 18.2 Å². The van der Waals surface area contributed by atoms with Gasteiger partial charge in [0.2, 0.25) is 0 Å². The van der Waals surface area contributed by atoms with Gasteiger partial charge in [0, 0.05) is 45.7 Å². The second-order valence-electron chi connectivity index (χ2n) is 6.57. The van der Waals surface area contributed by atoms with Crippen LogP contribution >= 0.6 is 0 Å². The molecule has 1 aromatic carbocycles. The Morgan fingerprint density at radius 3 is 2.46 bits per heavy atom. The van der Waals surface area contributed by atoms with E-state index in [4.69, 9.17) is 4.42 Å². The van der Waals surface area contributed by atoms with Crippen molar-refractivity contribution in [1.82, 2.24) is 15.1 Å². The summed E-state index contributed by atoms with van der Waals surface area (Å²) in [5.41, 5.74) is 0.741. The van der Waals surface area contributed by atoms with Crippen LogP contribution in [0.4, 0.5) is 11.6 Å². The Bertz CT molecular complexity index is 878. The van der Waals surface area contributed by atoms with E-state index in [1.54, 1.807) is 0 Å². The molecule has 0 spiro atoms. The van der Waals surface area contributed by atoms with E-state index in [1.165, 1.54) is 0 Å². The van der Waals surface area contributed by atoms with Crippen molar-refractivity contribution in [3.63, 3.8) is 0 Å². The number of hydrogen-bond donors (Lipinski definition) is 0. The molecule has 26 heavy (non-hydrogen) atoms. The lowest BCUT2D eigenvalue weighted by Crippen LogP contribution is -2.49. The molecule has 3 aromatic rings. The van der Waals surface area contributed by atoms with Gasteiger partial charge in [0.05, 0.1) is 0 Å². The third-order valence-corrected chi connectivity index (χ3v) is 4.62. The minimum atomic E-state index is -0.0603. The number of nitrogens with zero attached hydrogens (tertiary/aromatic N) is 5. The molecule has 2 aromatic heterocycles. The molecule has 0 bridgehead atoms. The summed E-state index contributed by atoms with van der Waals surface area (Å²) in [4.78, 5) is 18.6. The number of carbonyl (C=O) groups excluding carboxylic acids is 1. The van der Waals surface area contributed by atoms with E-state index in [0.29, 0.717) is 18.8 Å². The Hall–Kier alpha value is -3.09. The van der Waals surface area contributed by atoms with E-state index in [2.05, 4.69) is 15.1 Å². The lowest BCUT2D eigenvalue weighted by atomic mass is 10.2. The maximum Gasteiger partial charge on any atom is 0.289 e. The molecule has 0 radical (unpaired) electrons. The number of carbonyl (C=O) groups is 1. The molecular formula is C19H21N5O2. The van der Waals surface area contributed by atoms with Gasteiger partial charge < -0.3 is 19.1 Å². The summed E-state index contributed by atoms with van der Waals surface area (Å²) in [6, 6.07) is 13.4. The van der Waals surface area contributed by atoms with Gasteiger partial charge in [-0.2, -0.15) is 0 Å². The van der Waals surface area contributed by atoms with Crippen LogP contribution in [-0.4, -0.2) is 61.3 Å². The summed E-state index contributed by atoms with van der Waals surface area (Å²) < 4.78 is 5.70. The number of fused-ring (bicyclic) bond motifs is 1. The third kappa shape index (κ3) is 3.08. The number of aromatic nitrogens is 2. The summed E-state index contributed by atoms with van der Waals surface area (Å²) in [6.07, 6.45) is 0. The molecule has 0 aliphatic carbocycles. The Labute approximate surface area is 151 Å². The van der Waals surface area contributed by atoms with E-state index in [1.807, 2.05) is 66.4 Å². The highest BCUT2D eigenvalue weighted by Gasteiger charge is 2.25. The van der Waals surface area contributed by atoms with Crippen LogP contribution in [0.3, 0.4) is 0 Å². The van der Waals surface area contributed by atoms with Crippen molar-refractivity contribution in [3.05, 3.63) is 48.2 Å². The van der Waals surface area contributed by atoms with Crippen molar-refractivity contribution in [1.29, 1.82) is 0 Å². The normalized spacial score (nSPS) is 14.7. The summed E-state index contributed by atoms with van der Waals surface area (Å²) in [5, 5.41) is 9.46. The smallest absolute Gasteiger partial charge is 0.289 e. The Kier molecular flexibility index (Phi) is 4.20. The fraction of sp³-hybridized carbons (Fsp3) is 0.316. The average molecular weight is 351 g/mol. The molecule has 1 amide bonds. The summed E-state index contributed by atoms with van der Waals surface area (Å²) >= 11 is 0. The number of furan rings is 1. The second kappa shape index (κ2) is 6.67. The molecule has 1 fully saturated rings. The van der Waals surface area contributed by atoms with E-state index in [9.17, 15) is 4.79 Å². The molecule has 1 aliphatic rings. The minimum absolute atomic E-state index is 0.0603. The van der Waals surface area contributed by atoms with Gasteiger partial charge in [-0.05, 0) is 24.3 Å². The first kappa shape index (κ1) is 16.4. The first-order chi connectivity index (χ1) is 12.6. The number of hydrogen-bond acceptors (Lipinski definition) is 6. The Morgan fingerprint density at radius 1 is 1.04 bits per heavy atom. The SMILES string of the molecule is CN(C)c1ccc(N2CCN(C(=O)c3cc4ccccc4o3)CC2)nn1. The molecule has 7 nitrogen and oxygen atoms in total. The van der Waals surface area contributed by atoms with Crippen molar-refractivity contribution in [2.24, 2.45) is 0 Å². The third-order valence-electron chi connectivity index (χ3n) is 4.62. The fourth-order valence-electron chi connectivity index (χ4n) is 3.11. The quantitative estimate of drug-likeness (QED) is 0.721. The molecule has 0 N–H and O–H groups in total. The average Bonchev–Trinajstić information content (AvgIpc) is 3.12. The topological polar surface area (TPSA) is 65.7 Å². The van der Waals surface area contributed by atoms with Crippen LogP contribution < -0.4 is 9.80 Å². The molecular weight excluding hydrogens is 330 g/mol. The van der Waals surface area contributed by atoms with Gasteiger partial charge in [-0.25, -0.2) is 0 Å². The molecule has 4 rings (SSSR count). The fourth-order valence-corrected chi connectivity index (χ4v) is 3.11. The lowest BCUT2D eigenvalue weighted by molar-refractivity contribution is 0.0717. The molecule has 0 unspecified atom stereocenters. The van der Waals surface area contributed by atoms with Gasteiger partial charge in [-0.3, -0.25) is 4.79 Å². The van der Waals surface area contributed by atoms with Gasteiger partial charge >= 0.3 is 0 Å². The van der Waals surface area contributed by atoms with Crippen LogP contribution in [0.5, 0.6) is 0 Å². The highest BCUT2D eigenvalue weighted by atomic mass is 16.3. The van der Waals surface area contributed by atoms with E-state index in [0.717, 1.165) is 35.7 Å². The first-order valence-electron chi connectivity index (χ1n) is 8.66. The van der Waals surface area contributed by atoms with Crippen molar-refractivity contribution < 1.29 is 9.21 Å². The van der Waals surface area contributed by atoms with E-state index in [-0.39, 0.29) is 5.91 Å². The maximum atomic E-state index is 12.7. The summed E-state index contributed by atoms with van der Waals surface area (Å²) in [5.74, 6) is 2.00. The number of piperazine rings is 1. The zero-order chi connectivity index (χ0) is 18.1. The number of amides is 1. The zero-order valence-electron chi connectivity index (χ0n) is 14.9. The highest BCUT2D eigenvalue weighted by molar-refractivity contribution is 5.96. The predicted molar refractivity (Wildman–Crippen MR) is 101 cm³/mol. The van der Waals surface area contributed by atoms with Crippen molar-refractivity contribution in [3.8, 4) is 0 Å². The van der Waals surface area contributed by atoms with E-state index >= 15 is 0 Å². The van der Waals surface area contributed by atoms with Gasteiger partial charge in [-0.15, -0.1) is 10.2 Å². The van der Waals surface area contributed by atoms with Gasteiger partial charge in [0.15, 0.2) is 17.4 Å². The van der Waals surface area contributed by atoms with Crippen LogP contribution in [0.1, 0.15) is 10.6 Å². The maximum absolute atomic E-state index is 12.7. The molecule has 0 saturated carbocycles. The first-order valence-corrected chi connectivity index (χ1v) is 8.66. The number of benzene rings is 1. The van der Waals surface area contributed by atoms with Crippen LogP contribution in [0.25, 0.3) is 11.0 Å². The van der Waals surface area contributed by atoms with Crippen molar-refractivity contribution >= 4 is 28.5 Å². The molecule has 7 heteroatoms. The van der Waals surface area contributed by atoms with E-state index < -0.39 is 0 Å². The predicted octanol–water partition coefficient (Wildman–Crippen LogP) is 2.25. The lowest BCUT2D eigenvalue weighted by Gasteiger charge is -2.34. The number of para-hydroxylation sites is 1. The molecule has 0 atom stereocenters. The number of rotatable bonds is 3. The molecule has 134 valence electrons. The minimum Gasteiger partial charge on any atom is -0.451 e. The van der Waals surface area contributed by atoms with Gasteiger partial charge in [0.1, 0.15) is 5.58 Å². The van der Waals surface area contributed by atoms with Crippen LogP contribution in [0, 0.1) is 0 Å².